The Morgan fingerprint density at radius 1 is 1.11 bits per heavy atom. The van der Waals surface area contributed by atoms with Gasteiger partial charge in [0.1, 0.15) is 19.0 Å². The predicted octanol–water partition coefficient (Wildman–Crippen LogP) is 0.322. The fourth-order valence-corrected chi connectivity index (χ4v) is 4.59. The second kappa shape index (κ2) is 10.6. The van der Waals surface area contributed by atoms with Gasteiger partial charge in [-0.1, -0.05) is 0 Å². The highest BCUT2D eigenvalue weighted by atomic mass is 16.6. The third-order valence-electron chi connectivity index (χ3n) is 6.35. The number of methoxy groups -OCH3 is 1. The van der Waals surface area contributed by atoms with E-state index in [1.54, 1.807) is 36.2 Å². The number of pyridine rings is 3. The molecule has 0 saturated carbocycles. The maximum absolute atomic E-state index is 12.6. The van der Waals surface area contributed by atoms with E-state index in [1.807, 2.05) is 12.1 Å². The van der Waals surface area contributed by atoms with Crippen LogP contribution in [-0.2, 0) is 17.8 Å². The first-order chi connectivity index (χ1) is 17.1. The third-order valence-corrected chi connectivity index (χ3v) is 6.35. The molecule has 1 saturated heterocycles. The molecule has 10 nitrogen and oxygen atoms in total. The first kappa shape index (κ1) is 23.6. The van der Waals surface area contributed by atoms with Gasteiger partial charge in [0.15, 0.2) is 19.5 Å². The number of rotatable bonds is 8. The van der Waals surface area contributed by atoms with E-state index in [0.717, 1.165) is 48.7 Å². The largest absolute Gasteiger partial charge is 0.495 e. The lowest BCUT2D eigenvalue weighted by molar-refractivity contribution is -0.0362. The van der Waals surface area contributed by atoms with Crippen molar-refractivity contribution in [2.24, 2.45) is 0 Å². The number of fused-ring (bicyclic) bond motifs is 2. The maximum atomic E-state index is 12.6. The van der Waals surface area contributed by atoms with Crippen LogP contribution in [0.4, 0.5) is 0 Å². The Hall–Kier alpha value is -3.15. The molecule has 5 heterocycles. The molecule has 5 rings (SSSR count). The SMILES string of the molecule is BN(Cc1cc2c(cn1)OCCO2)CC1CN(CCn2c(=O)ccc3ncc(OC)cc32)CCO1. The molecule has 3 aromatic heterocycles. The standard InChI is InChI=1S/C24H30BN5O5/c1-32-18-11-21-20(27-12-18)2-3-24(31)30(21)5-4-28-6-7-33-19(15-28)16-29(25)14-17-10-22-23(13-26-17)35-9-8-34-22/h2-3,10-13,19H,4-9,14-16,25H2,1H3. The summed E-state index contributed by atoms with van der Waals surface area (Å²) in [7, 11) is 3.67. The molecule has 1 fully saturated rings. The van der Waals surface area contributed by atoms with Crippen LogP contribution in [0.25, 0.3) is 11.0 Å². The van der Waals surface area contributed by atoms with E-state index in [2.05, 4.69) is 27.7 Å². The van der Waals surface area contributed by atoms with Gasteiger partial charge in [0, 0.05) is 57.5 Å². The topological polar surface area (TPSA) is 91.2 Å². The van der Waals surface area contributed by atoms with Crippen molar-refractivity contribution < 1.29 is 18.9 Å². The molecule has 2 aliphatic heterocycles. The highest BCUT2D eigenvalue weighted by molar-refractivity contribution is 6.04. The molecule has 0 amide bonds. The summed E-state index contributed by atoms with van der Waals surface area (Å²) in [5, 5.41) is 0. The molecule has 0 spiro atoms. The van der Waals surface area contributed by atoms with Gasteiger partial charge in [0.05, 0.1) is 48.9 Å². The molecule has 0 radical (unpaired) electrons. The molecule has 1 atom stereocenters. The molecule has 3 aromatic rings. The van der Waals surface area contributed by atoms with Crippen LogP contribution < -0.4 is 19.8 Å². The molecular weight excluding hydrogens is 449 g/mol. The lowest BCUT2D eigenvalue weighted by atomic mass is 10.1. The van der Waals surface area contributed by atoms with Crippen LogP contribution >= 0.6 is 0 Å². The van der Waals surface area contributed by atoms with Crippen molar-refractivity contribution in [2.45, 2.75) is 19.2 Å². The van der Waals surface area contributed by atoms with Crippen molar-refractivity contribution in [3.63, 3.8) is 0 Å². The van der Waals surface area contributed by atoms with Crippen LogP contribution in [0.5, 0.6) is 17.2 Å². The van der Waals surface area contributed by atoms with Crippen molar-refractivity contribution in [1.82, 2.24) is 24.2 Å². The smallest absolute Gasteiger partial charge is 0.251 e. The Bertz CT molecular complexity index is 1240. The highest BCUT2D eigenvalue weighted by Crippen LogP contribution is 2.29. The van der Waals surface area contributed by atoms with E-state index in [0.29, 0.717) is 44.4 Å². The molecule has 0 aromatic carbocycles. The number of aromatic nitrogens is 3. The number of nitrogens with zero attached hydrogens (tertiary/aromatic N) is 5. The van der Waals surface area contributed by atoms with E-state index in [1.165, 1.54) is 0 Å². The van der Waals surface area contributed by atoms with Gasteiger partial charge >= 0.3 is 0 Å². The highest BCUT2D eigenvalue weighted by Gasteiger charge is 2.22. The zero-order valence-electron chi connectivity index (χ0n) is 20.2. The first-order valence-corrected chi connectivity index (χ1v) is 11.9. The Balaban J connectivity index is 1.18. The number of morpholine rings is 1. The van der Waals surface area contributed by atoms with E-state index in [9.17, 15) is 4.79 Å². The summed E-state index contributed by atoms with van der Waals surface area (Å²) in [6, 6.07) is 7.15. The van der Waals surface area contributed by atoms with E-state index >= 15 is 0 Å². The Kier molecular flexibility index (Phi) is 7.17. The Morgan fingerprint density at radius 2 is 1.97 bits per heavy atom. The second-order valence-corrected chi connectivity index (χ2v) is 8.91. The average molecular weight is 479 g/mol. The van der Waals surface area contributed by atoms with Crippen molar-refractivity contribution in [3.8, 4) is 17.2 Å². The van der Waals surface area contributed by atoms with E-state index in [4.69, 9.17) is 18.9 Å². The minimum Gasteiger partial charge on any atom is -0.495 e. The quantitative estimate of drug-likeness (QED) is 0.424. The van der Waals surface area contributed by atoms with Gasteiger partial charge in [-0.15, -0.1) is 0 Å². The van der Waals surface area contributed by atoms with Crippen LogP contribution in [0, 0.1) is 0 Å². The lowest BCUT2D eigenvalue weighted by Crippen LogP contribution is -2.48. The molecule has 0 aliphatic carbocycles. The zero-order chi connectivity index (χ0) is 24.2. The molecule has 0 N–H and O–H groups in total. The fourth-order valence-electron chi connectivity index (χ4n) is 4.59. The van der Waals surface area contributed by atoms with Crippen molar-refractivity contribution >= 4 is 19.0 Å². The average Bonchev–Trinajstić information content (AvgIpc) is 2.88. The fraction of sp³-hybridized carbons (Fsp3) is 0.458. The predicted molar refractivity (Wildman–Crippen MR) is 133 cm³/mol. The zero-order valence-corrected chi connectivity index (χ0v) is 20.2. The van der Waals surface area contributed by atoms with Crippen molar-refractivity contribution in [2.75, 3.05) is 53.1 Å². The summed E-state index contributed by atoms with van der Waals surface area (Å²) in [5.41, 5.74) is 2.46. The van der Waals surface area contributed by atoms with Crippen LogP contribution in [0.3, 0.4) is 0 Å². The minimum absolute atomic E-state index is 0.0379. The number of ether oxygens (including phenoxy) is 4. The normalized spacial score (nSPS) is 18.2. The van der Waals surface area contributed by atoms with E-state index in [-0.39, 0.29) is 11.7 Å². The van der Waals surface area contributed by atoms with E-state index < -0.39 is 0 Å². The van der Waals surface area contributed by atoms with Crippen LogP contribution in [0.2, 0.25) is 0 Å². The van der Waals surface area contributed by atoms with Gasteiger partial charge in [-0.2, -0.15) is 0 Å². The third kappa shape index (κ3) is 5.58. The lowest BCUT2D eigenvalue weighted by Gasteiger charge is -2.35. The molecule has 184 valence electrons. The van der Waals surface area contributed by atoms with Crippen LogP contribution in [0.1, 0.15) is 5.69 Å². The van der Waals surface area contributed by atoms with Gasteiger partial charge in [-0.25, -0.2) is 0 Å². The van der Waals surface area contributed by atoms with Crippen LogP contribution in [0.15, 0.2) is 41.5 Å². The molecule has 0 bridgehead atoms. The summed E-state index contributed by atoms with van der Waals surface area (Å²) in [4.78, 5) is 26.1. The number of hydrogen-bond acceptors (Lipinski definition) is 9. The van der Waals surface area contributed by atoms with Gasteiger partial charge in [-0.3, -0.25) is 19.7 Å². The molecule has 2 aliphatic rings. The summed E-state index contributed by atoms with van der Waals surface area (Å²) < 4.78 is 24.3. The molecule has 35 heavy (non-hydrogen) atoms. The molecule has 11 heteroatoms. The van der Waals surface area contributed by atoms with Gasteiger partial charge in [-0.05, 0) is 6.07 Å². The minimum atomic E-state index is -0.0379. The van der Waals surface area contributed by atoms with Crippen molar-refractivity contribution in [3.05, 3.63) is 52.7 Å². The summed E-state index contributed by atoms with van der Waals surface area (Å²) in [5.74, 6) is 2.10. The Morgan fingerprint density at radius 3 is 2.83 bits per heavy atom. The second-order valence-electron chi connectivity index (χ2n) is 8.91. The van der Waals surface area contributed by atoms with Crippen LogP contribution in [-0.4, -0.2) is 91.4 Å². The molecular formula is C24H30BN5O5. The summed E-state index contributed by atoms with van der Waals surface area (Å²) >= 11 is 0. The Labute approximate surface area is 204 Å². The van der Waals surface area contributed by atoms with Gasteiger partial charge in [0.2, 0.25) is 0 Å². The monoisotopic (exact) mass is 479 g/mol. The maximum Gasteiger partial charge on any atom is 0.251 e. The molecule has 1 unspecified atom stereocenters. The van der Waals surface area contributed by atoms with Gasteiger partial charge < -0.3 is 28.3 Å². The summed E-state index contributed by atoms with van der Waals surface area (Å²) in [6.45, 7) is 6.24. The van der Waals surface area contributed by atoms with Crippen molar-refractivity contribution in [1.29, 1.82) is 0 Å². The summed E-state index contributed by atoms with van der Waals surface area (Å²) in [6.07, 6.45) is 3.48. The van der Waals surface area contributed by atoms with Gasteiger partial charge in [0.25, 0.3) is 5.56 Å². The first-order valence-electron chi connectivity index (χ1n) is 11.9. The number of hydrogen-bond donors (Lipinski definition) is 0.